The lowest BCUT2D eigenvalue weighted by Gasteiger charge is -2.31. The van der Waals surface area contributed by atoms with E-state index in [0.717, 1.165) is 6.26 Å². The highest BCUT2D eigenvalue weighted by Crippen LogP contribution is 2.36. The summed E-state index contributed by atoms with van der Waals surface area (Å²) in [4.78, 5) is 12.5. The fourth-order valence-electron chi connectivity index (χ4n) is 2.79. The topological polar surface area (TPSA) is 98.4 Å². The van der Waals surface area contributed by atoms with E-state index >= 15 is 0 Å². The van der Waals surface area contributed by atoms with Crippen molar-refractivity contribution in [2.45, 2.75) is 26.1 Å². The highest BCUT2D eigenvalue weighted by molar-refractivity contribution is 7.85. The van der Waals surface area contributed by atoms with Gasteiger partial charge >= 0.3 is 0 Å². The third kappa shape index (κ3) is 4.27. The Bertz CT molecular complexity index is 1140. The van der Waals surface area contributed by atoms with Crippen molar-refractivity contribution >= 4 is 15.8 Å². The summed E-state index contributed by atoms with van der Waals surface area (Å²) < 4.78 is 34.6. The third-order valence-corrected chi connectivity index (χ3v) is 4.46. The molecule has 0 saturated heterocycles. The highest BCUT2D eigenvalue weighted by Gasteiger charge is 2.28. The van der Waals surface area contributed by atoms with Gasteiger partial charge in [0.05, 0.1) is 30.2 Å². The monoisotopic (exact) mass is 386 g/mol. The lowest BCUT2D eigenvalue weighted by Crippen LogP contribution is -2.32. The van der Waals surface area contributed by atoms with Crippen LogP contribution in [-0.4, -0.2) is 24.8 Å². The molecule has 1 aromatic carbocycles. The number of fused-ring (bicyclic) bond motifs is 1. The average molecular weight is 386 g/mol. The molecule has 0 spiro atoms. The summed E-state index contributed by atoms with van der Waals surface area (Å²) in [5.41, 5.74) is 1.15. The van der Waals surface area contributed by atoms with Crippen molar-refractivity contribution < 1.29 is 17.3 Å². The molecule has 0 fully saturated rings. The van der Waals surface area contributed by atoms with Crippen LogP contribution < -0.4 is 10.3 Å². The van der Waals surface area contributed by atoms with Crippen LogP contribution in [-0.2, 0) is 20.9 Å². The summed E-state index contributed by atoms with van der Waals surface area (Å²) in [7, 11) is -3.60. The van der Waals surface area contributed by atoms with Gasteiger partial charge in [0.2, 0.25) is 0 Å². The quantitative estimate of drug-likeness (QED) is 0.748. The number of benzene rings is 1. The molecular weight excluding hydrogens is 368 g/mol. The summed E-state index contributed by atoms with van der Waals surface area (Å²) in [6.45, 7) is 3.53. The maximum absolute atomic E-state index is 12.5. The number of hydrogen-bond donors (Lipinski definition) is 0. The number of nitrogens with zero attached hydrogens (tertiary/aromatic N) is 2. The van der Waals surface area contributed by atoms with Gasteiger partial charge in [0, 0.05) is 17.8 Å². The Kier molecular flexibility index (Phi) is 4.68. The number of aromatic nitrogens is 1. The van der Waals surface area contributed by atoms with Gasteiger partial charge in [-0.1, -0.05) is 0 Å². The molecular formula is C19H18N2O5S. The number of nitriles is 1. The molecule has 2 aromatic rings. The normalized spacial score (nSPS) is 15.3. The number of rotatable bonds is 4. The van der Waals surface area contributed by atoms with Crippen molar-refractivity contribution in [3.05, 3.63) is 69.6 Å². The average Bonchev–Trinajstić information content (AvgIpc) is 2.58. The summed E-state index contributed by atoms with van der Waals surface area (Å²) >= 11 is 0. The molecule has 0 aliphatic carbocycles. The highest BCUT2D eigenvalue weighted by atomic mass is 32.2. The maximum Gasteiger partial charge on any atom is 0.264 e. The molecule has 7 nitrogen and oxygen atoms in total. The minimum Gasteiger partial charge on any atom is -0.483 e. The molecule has 8 heteroatoms. The van der Waals surface area contributed by atoms with E-state index < -0.39 is 15.7 Å². The van der Waals surface area contributed by atoms with Crippen molar-refractivity contribution in [3.8, 4) is 11.8 Å². The fourth-order valence-corrected chi connectivity index (χ4v) is 3.14. The molecule has 2 heterocycles. The van der Waals surface area contributed by atoms with Crippen molar-refractivity contribution in [2.24, 2.45) is 0 Å². The molecule has 3 rings (SSSR count). The molecule has 0 radical (unpaired) electrons. The number of hydrogen-bond acceptors (Lipinski definition) is 6. The van der Waals surface area contributed by atoms with Crippen LogP contribution in [0.5, 0.6) is 5.75 Å². The minimum atomic E-state index is -3.60. The summed E-state index contributed by atoms with van der Waals surface area (Å²) in [6, 6.07) is 9.94. The van der Waals surface area contributed by atoms with Crippen LogP contribution in [0.3, 0.4) is 0 Å². The van der Waals surface area contributed by atoms with Crippen LogP contribution in [0.4, 0.5) is 0 Å². The second-order valence-electron chi connectivity index (χ2n) is 6.77. The summed E-state index contributed by atoms with van der Waals surface area (Å²) in [5, 5.41) is 9.19. The van der Waals surface area contributed by atoms with Crippen LogP contribution in [0.15, 0.2) is 47.4 Å². The Morgan fingerprint density at radius 3 is 2.67 bits per heavy atom. The van der Waals surface area contributed by atoms with Crippen LogP contribution in [0.25, 0.3) is 5.70 Å². The summed E-state index contributed by atoms with van der Waals surface area (Å²) in [6.07, 6.45) is 4.29. The smallest absolute Gasteiger partial charge is 0.264 e. The van der Waals surface area contributed by atoms with Gasteiger partial charge in [0.15, 0.2) is 0 Å². The molecule has 140 valence electrons. The maximum atomic E-state index is 12.5. The van der Waals surface area contributed by atoms with E-state index in [1.165, 1.54) is 22.9 Å². The second-order valence-corrected chi connectivity index (χ2v) is 8.41. The first-order valence-electron chi connectivity index (χ1n) is 8.11. The SMILES string of the molecule is CC1(C)C=C(n2cc(COS(C)(=O)=O)ccc2=O)c2cc(C#N)ccc2O1. The van der Waals surface area contributed by atoms with E-state index in [0.29, 0.717) is 28.1 Å². The van der Waals surface area contributed by atoms with Crippen molar-refractivity contribution in [3.63, 3.8) is 0 Å². The van der Waals surface area contributed by atoms with Gasteiger partial charge in [0.25, 0.3) is 15.7 Å². The fraction of sp³-hybridized carbons (Fsp3) is 0.263. The Hall–Kier alpha value is -2.89. The van der Waals surface area contributed by atoms with Gasteiger partial charge in [-0.15, -0.1) is 0 Å². The Morgan fingerprint density at radius 1 is 1.26 bits per heavy atom. The molecule has 0 amide bonds. The Labute approximate surface area is 157 Å². The molecule has 1 aromatic heterocycles. The van der Waals surface area contributed by atoms with Crippen molar-refractivity contribution in [2.75, 3.05) is 6.26 Å². The molecule has 1 aliphatic rings. The van der Waals surface area contributed by atoms with Gasteiger partial charge in [-0.25, -0.2) is 0 Å². The second kappa shape index (κ2) is 6.68. The lowest BCUT2D eigenvalue weighted by atomic mass is 9.97. The van der Waals surface area contributed by atoms with Gasteiger partial charge in [-0.3, -0.25) is 13.5 Å². The first kappa shape index (κ1) is 18.9. The van der Waals surface area contributed by atoms with E-state index in [1.807, 2.05) is 13.8 Å². The zero-order valence-electron chi connectivity index (χ0n) is 15.1. The first-order valence-corrected chi connectivity index (χ1v) is 9.92. The van der Waals surface area contributed by atoms with Gasteiger partial charge < -0.3 is 4.74 Å². The number of ether oxygens (including phenoxy) is 1. The van der Waals surface area contributed by atoms with E-state index in [4.69, 9.17) is 8.92 Å². The van der Waals surface area contributed by atoms with E-state index in [2.05, 4.69) is 6.07 Å². The van der Waals surface area contributed by atoms with Gasteiger partial charge in [-0.05, 0) is 49.8 Å². The molecule has 1 aliphatic heterocycles. The lowest BCUT2D eigenvalue weighted by molar-refractivity contribution is 0.157. The predicted octanol–water partition coefficient (Wildman–Crippen LogP) is 2.26. The Balaban J connectivity index is 2.13. The van der Waals surface area contributed by atoms with Crippen molar-refractivity contribution in [1.82, 2.24) is 4.57 Å². The third-order valence-electron chi connectivity index (χ3n) is 3.91. The predicted molar refractivity (Wildman–Crippen MR) is 99.6 cm³/mol. The van der Waals surface area contributed by atoms with Crippen LogP contribution in [0.1, 0.15) is 30.5 Å². The van der Waals surface area contributed by atoms with Crippen molar-refractivity contribution in [1.29, 1.82) is 5.26 Å². The molecule has 0 saturated carbocycles. The zero-order valence-corrected chi connectivity index (χ0v) is 15.9. The molecule has 27 heavy (non-hydrogen) atoms. The first-order chi connectivity index (χ1) is 12.6. The molecule has 0 bridgehead atoms. The van der Waals surface area contributed by atoms with Crippen LogP contribution >= 0.6 is 0 Å². The Morgan fingerprint density at radius 2 is 2.00 bits per heavy atom. The summed E-state index contributed by atoms with van der Waals surface area (Å²) in [5.74, 6) is 0.557. The number of pyridine rings is 1. The zero-order chi connectivity index (χ0) is 19.8. The van der Waals surface area contributed by atoms with E-state index in [1.54, 1.807) is 24.3 Å². The van der Waals surface area contributed by atoms with E-state index in [-0.39, 0.29) is 12.2 Å². The molecule has 0 atom stereocenters. The standard InChI is InChI=1S/C19H18N2O5S/c1-19(2)9-16(15-8-13(10-20)4-6-17(15)26-19)21-11-14(5-7-18(21)22)12-25-27(3,23)24/h4-9,11H,12H2,1-3H3. The minimum absolute atomic E-state index is 0.183. The van der Waals surface area contributed by atoms with E-state index in [9.17, 15) is 18.5 Å². The van der Waals surface area contributed by atoms with Crippen LogP contribution in [0.2, 0.25) is 0 Å². The van der Waals surface area contributed by atoms with Crippen LogP contribution in [0, 0.1) is 11.3 Å². The molecule has 0 unspecified atom stereocenters. The largest absolute Gasteiger partial charge is 0.483 e. The van der Waals surface area contributed by atoms with Gasteiger partial charge in [0.1, 0.15) is 11.4 Å². The molecule has 0 N–H and O–H groups in total. The van der Waals surface area contributed by atoms with Gasteiger partial charge in [-0.2, -0.15) is 13.7 Å².